The molecule has 1 unspecified atom stereocenters. The van der Waals surface area contributed by atoms with Crippen molar-refractivity contribution in [2.75, 3.05) is 36.5 Å². The van der Waals surface area contributed by atoms with Gasteiger partial charge in [0.2, 0.25) is 0 Å². The summed E-state index contributed by atoms with van der Waals surface area (Å²) < 4.78 is 5.48. The van der Waals surface area contributed by atoms with Gasteiger partial charge in [-0.05, 0) is 44.5 Å². The van der Waals surface area contributed by atoms with Gasteiger partial charge in [0.15, 0.2) is 5.82 Å². The van der Waals surface area contributed by atoms with Crippen LogP contribution in [0.5, 0.6) is 0 Å². The van der Waals surface area contributed by atoms with Crippen molar-refractivity contribution in [2.45, 2.75) is 26.8 Å². The molecule has 1 saturated heterocycles. The molecule has 0 bridgehead atoms. The number of aryl methyl sites for hydroxylation is 2. The van der Waals surface area contributed by atoms with Crippen LogP contribution in [0.15, 0.2) is 36.5 Å². The third-order valence-corrected chi connectivity index (χ3v) is 5.19. The van der Waals surface area contributed by atoms with Crippen LogP contribution < -0.4 is 10.2 Å². The maximum atomic E-state index is 5.48. The predicted octanol–water partition coefficient (Wildman–Crippen LogP) is 3.65. The van der Waals surface area contributed by atoms with Crippen LogP contribution in [0, 0.1) is 13.8 Å². The molecule has 140 valence electrons. The van der Waals surface area contributed by atoms with Gasteiger partial charge in [0, 0.05) is 41.4 Å². The number of pyridine rings is 1. The molecule has 6 nitrogen and oxygen atoms in total. The molecule has 1 aromatic carbocycles. The number of anilines is 2. The standard InChI is InChI=1S/C21H25N5O/c1-14-18(5-4-8-22-14)15(2)23-21-20-13-17(26-9-11-27-12-10-26)6-7-19(20)16(3)24-25-21/h4-8,13,15H,9-12H2,1-3H3,(H,23,25). The molecule has 0 radical (unpaired) electrons. The van der Waals surface area contributed by atoms with Crippen LogP contribution >= 0.6 is 0 Å². The highest BCUT2D eigenvalue weighted by atomic mass is 16.5. The molecule has 27 heavy (non-hydrogen) atoms. The van der Waals surface area contributed by atoms with E-state index in [1.165, 1.54) is 5.69 Å². The second kappa shape index (κ2) is 7.48. The lowest BCUT2D eigenvalue weighted by Gasteiger charge is -2.29. The normalized spacial score (nSPS) is 15.7. The van der Waals surface area contributed by atoms with Crippen molar-refractivity contribution in [1.29, 1.82) is 0 Å². The molecule has 1 aliphatic rings. The zero-order valence-electron chi connectivity index (χ0n) is 16.1. The fraction of sp³-hybridized carbons (Fsp3) is 0.381. The average molecular weight is 363 g/mol. The van der Waals surface area contributed by atoms with Gasteiger partial charge in [0.1, 0.15) is 0 Å². The van der Waals surface area contributed by atoms with Crippen molar-refractivity contribution in [1.82, 2.24) is 15.2 Å². The fourth-order valence-electron chi connectivity index (χ4n) is 3.64. The van der Waals surface area contributed by atoms with E-state index in [4.69, 9.17) is 4.74 Å². The number of fused-ring (bicyclic) bond motifs is 1. The van der Waals surface area contributed by atoms with Gasteiger partial charge in [0.25, 0.3) is 0 Å². The molecule has 4 rings (SSSR count). The van der Waals surface area contributed by atoms with Crippen LogP contribution in [0.2, 0.25) is 0 Å². The van der Waals surface area contributed by atoms with Gasteiger partial charge in [-0.25, -0.2) is 0 Å². The summed E-state index contributed by atoms with van der Waals surface area (Å²) in [6.07, 6.45) is 1.82. The van der Waals surface area contributed by atoms with Crippen LogP contribution in [0.1, 0.15) is 29.9 Å². The third-order valence-electron chi connectivity index (χ3n) is 5.19. The SMILES string of the molecule is Cc1ncccc1C(C)Nc1nnc(C)c2ccc(N3CCOCC3)cc12. The lowest BCUT2D eigenvalue weighted by molar-refractivity contribution is 0.122. The molecule has 0 aliphatic carbocycles. The zero-order chi connectivity index (χ0) is 18.8. The topological polar surface area (TPSA) is 63.2 Å². The van der Waals surface area contributed by atoms with Crippen molar-refractivity contribution >= 4 is 22.3 Å². The number of rotatable bonds is 4. The molecule has 2 aromatic heterocycles. The molecule has 0 spiro atoms. The summed E-state index contributed by atoms with van der Waals surface area (Å²) >= 11 is 0. The van der Waals surface area contributed by atoms with Crippen LogP contribution in [0.3, 0.4) is 0 Å². The second-order valence-corrected chi connectivity index (χ2v) is 7.01. The molecule has 6 heteroatoms. The first kappa shape index (κ1) is 17.7. The molecular formula is C21H25N5O. The highest BCUT2D eigenvalue weighted by Crippen LogP contribution is 2.30. The predicted molar refractivity (Wildman–Crippen MR) is 108 cm³/mol. The first-order chi connectivity index (χ1) is 13.1. The van der Waals surface area contributed by atoms with Gasteiger partial charge >= 0.3 is 0 Å². The quantitative estimate of drug-likeness (QED) is 0.763. The Balaban J connectivity index is 1.71. The molecule has 1 N–H and O–H groups in total. The van der Waals surface area contributed by atoms with Crippen molar-refractivity contribution in [2.24, 2.45) is 0 Å². The minimum atomic E-state index is 0.0888. The van der Waals surface area contributed by atoms with E-state index >= 15 is 0 Å². The Bertz CT molecular complexity index is 952. The lowest BCUT2D eigenvalue weighted by atomic mass is 10.1. The summed E-state index contributed by atoms with van der Waals surface area (Å²) in [4.78, 5) is 6.76. The van der Waals surface area contributed by atoms with Crippen LogP contribution in [0.4, 0.5) is 11.5 Å². The van der Waals surface area contributed by atoms with Gasteiger partial charge < -0.3 is 15.0 Å². The number of benzene rings is 1. The van der Waals surface area contributed by atoms with Crippen LogP contribution in [0.25, 0.3) is 10.8 Å². The minimum Gasteiger partial charge on any atom is -0.378 e. The highest BCUT2D eigenvalue weighted by Gasteiger charge is 2.16. The Kier molecular flexibility index (Phi) is 4.90. The molecule has 1 atom stereocenters. The number of nitrogens with one attached hydrogen (secondary N) is 1. The molecular weight excluding hydrogens is 338 g/mol. The van der Waals surface area contributed by atoms with Crippen LogP contribution in [-0.2, 0) is 4.74 Å². The number of ether oxygens (including phenoxy) is 1. The first-order valence-corrected chi connectivity index (χ1v) is 9.41. The number of nitrogens with zero attached hydrogens (tertiary/aromatic N) is 4. The molecule has 1 aliphatic heterocycles. The van der Waals surface area contributed by atoms with E-state index in [9.17, 15) is 0 Å². The summed E-state index contributed by atoms with van der Waals surface area (Å²) in [5, 5.41) is 14.6. The summed E-state index contributed by atoms with van der Waals surface area (Å²) in [6, 6.07) is 10.7. The van der Waals surface area contributed by atoms with Gasteiger partial charge in [-0.3, -0.25) is 4.98 Å². The average Bonchev–Trinajstić information content (AvgIpc) is 2.71. The van der Waals surface area contributed by atoms with E-state index in [0.29, 0.717) is 0 Å². The van der Waals surface area contributed by atoms with E-state index in [0.717, 1.165) is 59.8 Å². The molecule has 0 amide bonds. The van der Waals surface area contributed by atoms with E-state index in [-0.39, 0.29) is 6.04 Å². The minimum absolute atomic E-state index is 0.0888. The van der Waals surface area contributed by atoms with Crippen molar-refractivity contribution in [3.05, 3.63) is 53.5 Å². The summed E-state index contributed by atoms with van der Waals surface area (Å²) in [6.45, 7) is 9.53. The van der Waals surface area contributed by atoms with E-state index < -0.39 is 0 Å². The van der Waals surface area contributed by atoms with E-state index in [1.54, 1.807) is 0 Å². The summed E-state index contributed by atoms with van der Waals surface area (Å²) in [5.74, 6) is 0.807. The third kappa shape index (κ3) is 3.57. The summed E-state index contributed by atoms with van der Waals surface area (Å²) in [5.41, 5.74) is 4.33. The maximum absolute atomic E-state index is 5.48. The van der Waals surface area contributed by atoms with Crippen molar-refractivity contribution in [3.63, 3.8) is 0 Å². The lowest BCUT2D eigenvalue weighted by Crippen LogP contribution is -2.36. The Hall–Kier alpha value is -2.73. The maximum Gasteiger partial charge on any atom is 0.157 e. The number of morpholine rings is 1. The Morgan fingerprint density at radius 1 is 1.04 bits per heavy atom. The number of hydrogen-bond donors (Lipinski definition) is 1. The Morgan fingerprint density at radius 2 is 1.85 bits per heavy atom. The molecule has 3 heterocycles. The Labute approximate surface area is 159 Å². The van der Waals surface area contributed by atoms with Gasteiger partial charge in [-0.2, -0.15) is 5.10 Å². The van der Waals surface area contributed by atoms with Crippen molar-refractivity contribution < 1.29 is 4.74 Å². The molecule has 0 saturated carbocycles. The van der Waals surface area contributed by atoms with E-state index in [2.05, 4.69) is 56.6 Å². The number of hydrogen-bond acceptors (Lipinski definition) is 6. The van der Waals surface area contributed by atoms with Crippen molar-refractivity contribution in [3.8, 4) is 0 Å². The van der Waals surface area contributed by atoms with Crippen LogP contribution in [-0.4, -0.2) is 41.5 Å². The monoisotopic (exact) mass is 363 g/mol. The zero-order valence-corrected chi connectivity index (χ0v) is 16.1. The Morgan fingerprint density at radius 3 is 2.63 bits per heavy atom. The van der Waals surface area contributed by atoms with Gasteiger partial charge in [-0.1, -0.05) is 12.1 Å². The van der Waals surface area contributed by atoms with Gasteiger partial charge in [0.05, 0.1) is 24.9 Å². The van der Waals surface area contributed by atoms with Gasteiger partial charge in [-0.15, -0.1) is 5.10 Å². The smallest absolute Gasteiger partial charge is 0.157 e. The molecule has 1 fully saturated rings. The second-order valence-electron chi connectivity index (χ2n) is 7.01. The number of aromatic nitrogens is 3. The molecule has 3 aromatic rings. The largest absolute Gasteiger partial charge is 0.378 e. The highest BCUT2D eigenvalue weighted by molar-refractivity contribution is 5.95. The summed E-state index contributed by atoms with van der Waals surface area (Å²) in [7, 11) is 0. The van der Waals surface area contributed by atoms with E-state index in [1.807, 2.05) is 26.1 Å². The fourth-order valence-corrected chi connectivity index (χ4v) is 3.64. The first-order valence-electron chi connectivity index (χ1n) is 9.41.